The Hall–Kier alpha value is -2.13. The van der Waals surface area contributed by atoms with Crippen molar-refractivity contribution < 1.29 is 9.66 Å². The number of hydrogen-bond donors (Lipinski definition) is 1. The van der Waals surface area contributed by atoms with Crippen molar-refractivity contribution in [3.63, 3.8) is 0 Å². The van der Waals surface area contributed by atoms with E-state index in [0.717, 1.165) is 12.8 Å². The van der Waals surface area contributed by atoms with Gasteiger partial charge in [-0.1, -0.05) is 0 Å². The van der Waals surface area contributed by atoms with E-state index in [9.17, 15) is 10.1 Å². The van der Waals surface area contributed by atoms with Crippen LogP contribution in [0.1, 0.15) is 32.3 Å². The molecule has 0 atom stereocenters. The number of nitrogens with zero attached hydrogens (tertiary/aromatic N) is 2. The van der Waals surface area contributed by atoms with E-state index >= 15 is 0 Å². The Morgan fingerprint density at radius 2 is 2.20 bits per heavy atom. The van der Waals surface area contributed by atoms with Crippen LogP contribution in [0.25, 0.3) is 0 Å². The molecule has 0 aliphatic heterocycles. The van der Waals surface area contributed by atoms with E-state index < -0.39 is 4.92 Å². The minimum absolute atomic E-state index is 0.0116. The van der Waals surface area contributed by atoms with E-state index in [1.807, 2.05) is 19.9 Å². The van der Waals surface area contributed by atoms with Crippen molar-refractivity contribution in [1.82, 2.24) is 0 Å². The molecule has 108 valence electrons. The maximum absolute atomic E-state index is 10.9. The molecule has 6 heteroatoms. The van der Waals surface area contributed by atoms with Gasteiger partial charge in [-0.05, 0) is 38.8 Å². The van der Waals surface area contributed by atoms with Crippen molar-refractivity contribution >= 4 is 11.4 Å². The maximum Gasteiger partial charge on any atom is 0.292 e. The van der Waals surface area contributed by atoms with E-state index in [1.165, 1.54) is 18.2 Å². The minimum atomic E-state index is -0.453. The highest BCUT2D eigenvalue weighted by molar-refractivity contribution is 5.64. The van der Waals surface area contributed by atoms with Gasteiger partial charge in [-0.2, -0.15) is 5.26 Å². The van der Waals surface area contributed by atoms with E-state index in [-0.39, 0.29) is 11.8 Å². The number of nitrogens with one attached hydrogen (secondary N) is 1. The van der Waals surface area contributed by atoms with Crippen LogP contribution >= 0.6 is 0 Å². The third-order valence-electron chi connectivity index (χ3n) is 2.66. The summed E-state index contributed by atoms with van der Waals surface area (Å²) in [6.45, 7) is 5.25. The minimum Gasteiger partial charge on any atom is -0.379 e. The second-order valence-electron chi connectivity index (χ2n) is 4.65. The summed E-state index contributed by atoms with van der Waals surface area (Å²) in [6, 6.07) is 6.27. The van der Waals surface area contributed by atoms with Gasteiger partial charge in [0.25, 0.3) is 5.69 Å². The standard InChI is InChI=1S/C14H19N3O3/c1-11(2)20-8-4-3-7-16-13-9-12(10-15)5-6-14(13)17(18)19/h5-6,9,11,16H,3-4,7-8H2,1-2H3. The highest BCUT2D eigenvalue weighted by Crippen LogP contribution is 2.25. The van der Waals surface area contributed by atoms with E-state index in [0.29, 0.717) is 24.4 Å². The van der Waals surface area contributed by atoms with Crippen molar-refractivity contribution in [1.29, 1.82) is 5.26 Å². The molecule has 0 saturated heterocycles. The van der Waals surface area contributed by atoms with Crippen LogP contribution in [0.15, 0.2) is 18.2 Å². The number of ether oxygens (including phenoxy) is 1. The number of nitro groups is 1. The normalized spacial score (nSPS) is 10.3. The molecule has 0 spiro atoms. The number of rotatable bonds is 8. The number of nitro benzene ring substituents is 1. The molecule has 1 aromatic rings. The van der Waals surface area contributed by atoms with Crippen LogP contribution in [0, 0.1) is 21.4 Å². The van der Waals surface area contributed by atoms with E-state index in [1.54, 1.807) is 0 Å². The second-order valence-corrected chi connectivity index (χ2v) is 4.65. The molecule has 0 radical (unpaired) electrons. The highest BCUT2D eigenvalue weighted by Gasteiger charge is 2.13. The van der Waals surface area contributed by atoms with Crippen LogP contribution < -0.4 is 5.32 Å². The average molecular weight is 277 g/mol. The molecule has 0 aliphatic rings. The Kier molecular flexibility index (Phi) is 6.47. The van der Waals surface area contributed by atoms with Gasteiger partial charge in [-0.25, -0.2) is 0 Å². The Balaban J connectivity index is 2.50. The molecular weight excluding hydrogens is 258 g/mol. The summed E-state index contributed by atoms with van der Waals surface area (Å²) in [5.41, 5.74) is 0.780. The summed E-state index contributed by atoms with van der Waals surface area (Å²) in [4.78, 5) is 10.4. The monoisotopic (exact) mass is 277 g/mol. The molecule has 20 heavy (non-hydrogen) atoms. The third kappa shape index (κ3) is 5.24. The smallest absolute Gasteiger partial charge is 0.292 e. The van der Waals surface area contributed by atoms with Crippen molar-refractivity contribution in [2.24, 2.45) is 0 Å². The number of nitriles is 1. The van der Waals surface area contributed by atoms with Crippen LogP contribution in [0.2, 0.25) is 0 Å². The summed E-state index contributed by atoms with van der Waals surface area (Å²) in [6.07, 6.45) is 1.95. The first-order chi connectivity index (χ1) is 9.54. The van der Waals surface area contributed by atoms with Crippen LogP contribution in [0.3, 0.4) is 0 Å². The SMILES string of the molecule is CC(C)OCCCCNc1cc(C#N)ccc1[N+](=O)[O-]. The Morgan fingerprint density at radius 3 is 2.80 bits per heavy atom. The van der Waals surface area contributed by atoms with E-state index in [4.69, 9.17) is 10.00 Å². The van der Waals surface area contributed by atoms with Gasteiger partial charge in [0.2, 0.25) is 0 Å². The zero-order valence-electron chi connectivity index (χ0n) is 11.8. The van der Waals surface area contributed by atoms with Crippen molar-refractivity contribution in [2.75, 3.05) is 18.5 Å². The topological polar surface area (TPSA) is 88.2 Å². The van der Waals surface area contributed by atoms with Gasteiger partial charge in [-0.3, -0.25) is 10.1 Å². The summed E-state index contributed by atoms with van der Waals surface area (Å²) in [5.74, 6) is 0. The molecule has 0 fully saturated rings. The Morgan fingerprint density at radius 1 is 1.45 bits per heavy atom. The summed E-state index contributed by atoms with van der Waals surface area (Å²) < 4.78 is 5.41. The van der Waals surface area contributed by atoms with Crippen molar-refractivity contribution in [3.8, 4) is 6.07 Å². The number of anilines is 1. The Bertz CT molecular complexity index is 495. The molecule has 0 aromatic heterocycles. The largest absolute Gasteiger partial charge is 0.379 e. The molecule has 0 bridgehead atoms. The number of benzene rings is 1. The summed E-state index contributed by atoms with van der Waals surface area (Å²) >= 11 is 0. The molecule has 1 aromatic carbocycles. The molecule has 6 nitrogen and oxygen atoms in total. The lowest BCUT2D eigenvalue weighted by Crippen LogP contribution is -2.08. The average Bonchev–Trinajstić information content (AvgIpc) is 2.41. The van der Waals surface area contributed by atoms with Gasteiger partial charge in [0.05, 0.1) is 22.7 Å². The molecule has 1 N–H and O–H groups in total. The molecule has 1 rings (SSSR count). The molecule has 0 amide bonds. The third-order valence-corrected chi connectivity index (χ3v) is 2.66. The fourth-order valence-electron chi connectivity index (χ4n) is 1.68. The molecule has 0 aliphatic carbocycles. The predicted molar refractivity (Wildman–Crippen MR) is 76.6 cm³/mol. The number of unbranched alkanes of at least 4 members (excludes halogenated alkanes) is 1. The lowest BCUT2D eigenvalue weighted by atomic mass is 10.2. The first-order valence-corrected chi connectivity index (χ1v) is 6.58. The van der Waals surface area contributed by atoms with Gasteiger partial charge < -0.3 is 10.1 Å². The van der Waals surface area contributed by atoms with Gasteiger partial charge in [-0.15, -0.1) is 0 Å². The molecule has 0 unspecified atom stereocenters. The van der Waals surface area contributed by atoms with Gasteiger partial charge >= 0.3 is 0 Å². The zero-order valence-corrected chi connectivity index (χ0v) is 11.8. The first-order valence-electron chi connectivity index (χ1n) is 6.58. The maximum atomic E-state index is 10.9. The first kappa shape index (κ1) is 15.9. The summed E-state index contributed by atoms with van der Waals surface area (Å²) in [7, 11) is 0. The fourth-order valence-corrected chi connectivity index (χ4v) is 1.68. The van der Waals surface area contributed by atoms with Crippen molar-refractivity contribution in [3.05, 3.63) is 33.9 Å². The van der Waals surface area contributed by atoms with Crippen LogP contribution in [-0.2, 0) is 4.74 Å². The van der Waals surface area contributed by atoms with Gasteiger partial charge in [0.15, 0.2) is 0 Å². The van der Waals surface area contributed by atoms with Gasteiger partial charge in [0, 0.05) is 19.2 Å². The molecule has 0 heterocycles. The fraction of sp³-hybridized carbons (Fsp3) is 0.500. The van der Waals surface area contributed by atoms with E-state index in [2.05, 4.69) is 5.32 Å². The highest BCUT2D eigenvalue weighted by atomic mass is 16.6. The van der Waals surface area contributed by atoms with Gasteiger partial charge in [0.1, 0.15) is 5.69 Å². The number of hydrogen-bond acceptors (Lipinski definition) is 5. The van der Waals surface area contributed by atoms with Crippen LogP contribution in [-0.4, -0.2) is 24.2 Å². The predicted octanol–water partition coefficient (Wildman–Crippen LogP) is 3.08. The lowest BCUT2D eigenvalue weighted by Gasteiger charge is -2.09. The molecular formula is C14H19N3O3. The lowest BCUT2D eigenvalue weighted by molar-refractivity contribution is -0.384. The van der Waals surface area contributed by atoms with Crippen LogP contribution in [0.5, 0.6) is 0 Å². The van der Waals surface area contributed by atoms with Crippen molar-refractivity contribution in [2.45, 2.75) is 32.8 Å². The second kappa shape index (κ2) is 8.12. The Labute approximate surface area is 118 Å². The zero-order chi connectivity index (χ0) is 15.0. The molecule has 0 saturated carbocycles. The quantitative estimate of drug-likeness (QED) is 0.448. The summed E-state index contributed by atoms with van der Waals surface area (Å²) in [5, 5.41) is 22.7. The van der Waals surface area contributed by atoms with Crippen LogP contribution in [0.4, 0.5) is 11.4 Å².